The molecule has 7 nitrogen and oxygen atoms in total. The molecule has 0 saturated heterocycles. The van der Waals surface area contributed by atoms with Crippen molar-refractivity contribution < 1.29 is 22.8 Å². The molecule has 3 aromatic rings. The number of nitro benzene ring substituents is 1. The molecule has 0 aliphatic heterocycles. The van der Waals surface area contributed by atoms with Crippen LogP contribution in [-0.4, -0.2) is 26.1 Å². The highest BCUT2D eigenvalue weighted by Crippen LogP contribution is 2.23. The number of ether oxygens (including phenoxy) is 1. The Labute approximate surface area is 151 Å². The first kappa shape index (κ1) is 18.4. The number of rotatable bonds is 6. The Morgan fingerprint density at radius 2 is 1.70 bits per heavy atom. The van der Waals surface area contributed by atoms with Gasteiger partial charge in [0.2, 0.25) is 0 Å². The number of nitro groups is 1. The lowest BCUT2D eigenvalue weighted by atomic mass is 10.1. The van der Waals surface area contributed by atoms with Gasteiger partial charge in [-0.2, -0.15) is 5.10 Å². The van der Waals surface area contributed by atoms with Crippen molar-refractivity contribution in [3.05, 3.63) is 76.4 Å². The van der Waals surface area contributed by atoms with Crippen LogP contribution in [0.5, 0.6) is 5.75 Å². The van der Waals surface area contributed by atoms with Gasteiger partial charge in [-0.05, 0) is 36.2 Å². The molecular weight excluding hydrogens is 365 g/mol. The van der Waals surface area contributed by atoms with E-state index in [9.17, 15) is 23.3 Å². The molecule has 1 aromatic heterocycles. The Balaban J connectivity index is 1.62. The highest BCUT2D eigenvalue weighted by atomic mass is 19.4. The van der Waals surface area contributed by atoms with Crippen LogP contribution in [0, 0.1) is 10.1 Å². The molecule has 1 heterocycles. The molecule has 0 unspecified atom stereocenters. The fraction of sp³-hybridized carbons (Fsp3) is 0.176. The van der Waals surface area contributed by atoms with Crippen molar-refractivity contribution in [2.45, 2.75) is 19.2 Å². The first-order valence-corrected chi connectivity index (χ1v) is 7.80. The van der Waals surface area contributed by atoms with E-state index in [-0.39, 0.29) is 11.4 Å². The Morgan fingerprint density at radius 3 is 2.30 bits per heavy atom. The molecule has 0 spiro atoms. The van der Waals surface area contributed by atoms with Gasteiger partial charge in [-0.15, -0.1) is 13.2 Å². The average molecular weight is 378 g/mol. The van der Waals surface area contributed by atoms with Crippen molar-refractivity contribution in [3.63, 3.8) is 0 Å². The maximum atomic E-state index is 12.2. The minimum Gasteiger partial charge on any atom is -0.406 e. The molecule has 3 rings (SSSR count). The van der Waals surface area contributed by atoms with E-state index in [0.29, 0.717) is 24.4 Å². The first-order chi connectivity index (χ1) is 12.8. The van der Waals surface area contributed by atoms with Gasteiger partial charge in [0.15, 0.2) is 5.82 Å². The number of hydrogen-bond donors (Lipinski definition) is 0. The molecule has 0 N–H and O–H groups in total. The molecule has 0 saturated carbocycles. The maximum Gasteiger partial charge on any atom is 0.573 e. The summed E-state index contributed by atoms with van der Waals surface area (Å²) < 4.78 is 41.8. The molecule has 0 radical (unpaired) electrons. The summed E-state index contributed by atoms with van der Waals surface area (Å²) in [7, 11) is 0. The number of alkyl halides is 3. The van der Waals surface area contributed by atoms with Crippen LogP contribution in [0.25, 0.3) is 5.69 Å². The largest absolute Gasteiger partial charge is 0.573 e. The Hall–Kier alpha value is -3.43. The predicted octanol–water partition coefficient (Wildman–Crippen LogP) is 3.86. The third-order valence-electron chi connectivity index (χ3n) is 3.66. The van der Waals surface area contributed by atoms with E-state index in [1.165, 1.54) is 47.4 Å². The van der Waals surface area contributed by atoms with Gasteiger partial charge in [0.1, 0.15) is 12.1 Å². The predicted molar refractivity (Wildman–Crippen MR) is 88.5 cm³/mol. The lowest BCUT2D eigenvalue weighted by Gasteiger charge is -2.09. The second kappa shape index (κ2) is 7.44. The zero-order valence-electron chi connectivity index (χ0n) is 13.8. The van der Waals surface area contributed by atoms with Crippen LogP contribution in [0.15, 0.2) is 54.9 Å². The van der Waals surface area contributed by atoms with E-state index in [1.807, 2.05) is 0 Å². The number of nitrogens with zero attached hydrogens (tertiary/aromatic N) is 4. The molecule has 0 amide bonds. The number of hydrogen-bond acceptors (Lipinski definition) is 5. The molecule has 27 heavy (non-hydrogen) atoms. The van der Waals surface area contributed by atoms with Gasteiger partial charge < -0.3 is 4.74 Å². The molecule has 140 valence electrons. The minimum absolute atomic E-state index is 0.0269. The zero-order valence-corrected chi connectivity index (χ0v) is 13.8. The van der Waals surface area contributed by atoms with Crippen LogP contribution in [0.3, 0.4) is 0 Å². The van der Waals surface area contributed by atoms with Crippen LogP contribution >= 0.6 is 0 Å². The molecular formula is C17H13F3N4O3. The molecule has 2 aromatic carbocycles. The number of halogens is 3. The number of aromatic nitrogens is 3. The van der Waals surface area contributed by atoms with E-state index in [4.69, 9.17) is 0 Å². The van der Waals surface area contributed by atoms with Gasteiger partial charge in [0.25, 0.3) is 5.69 Å². The summed E-state index contributed by atoms with van der Waals surface area (Å²) in [5, 5.41) is 14.9. The number of non-ortho nitro benzene ring substituents is 1. The summed E-state index contributed by atoms with van der Waals surface area (Å²) in [6.07, 6.45) is -2.16. The van der Waals surface area contributed by atoms with Crippen molar-refractivity contribution in [1.29, 1.82) is 0 Å². The van der Waals surface area contributed by atoms with E-state index >= 15 is 0 Å². The molecule has 0 bridgehead atoms. The van der Waals surface area contributed by atoms with Gasteiger partial charge >= 0.3 is 6.36 Å². The SMILES string of the molecule is O=[N+]([O-])c1ccc(CCc2ncn(-c3ccc(OC(F)(F)F)cc3)n2)cc1. The summed E-state index contributed by atoms with van der Waals surface area (Å²) in [6, 6.07) is 11.5. The first-order valence-electron chi connectivity index (χ1n) is 7.80. The molecule has 0 aliphatic rings. The van der Waals surface area contributed by atoms with Gasteiger partial charge in [-0.3, -0.25) is 10.1 Å². The van der Waals surface area contributed by atoms with Crippen molar-refractivity contribution >= 4 is 5.69 Å². The van der Waals surface area contributed by atoms with Gasteiger partial charge in [-0.25, -0.2) is 9.67 Å². The van der Waals surface area contributed by atoms with Crippen LogP contribution in [0.4, 0.5) is 18.9 Å². The van der Waals surface area contributed by atoms with E-state index in [0.717, 1.165) is 5.56 Å². The average Bonchev–Trinajstić information content (AvgIpc) is 3.08. The summed E-state index contributed by atoms with van der Waals surface area (Å²) in [4.78, 5) is 14.3. The van der Waals surface area contributed by atoms with E-state index in [1.54, 1.807) is 12.1 Å². The number of benzene rings is 2. The minimum atomic E-state index is -4.74. The normalized spacial score (nSPS) is 11.4. The summed E-state index contributed by atoms with van der Waals surface area (Å²) >= 11 is 0. The lowest BCUT2D eigenvalue weighted by molar-refractivity contribution is -0.384. The topological polar surface area (TPSA) is 83.1 Å². The second-order valence-corrected chi connectivity index (χ2v) is 5.57. The number of aryl methyl sites for hydroxylation is 2. The zero-order chi connectivity index (χ0) is 19.4. The fourth-order valence-electron chi connectivity index (χ4n) is 2.38. The van der Waals surface area contributed by atoms with Crippen LogP contribution in [-0.2, 0) is 12.8 Å². The van der Waals surface area contributed by atoms with Crippen molar-refractivity contribution in [3.8, 4) is 11.4 Å². The van der Waals surface area contributed by atoms with Gasteiger partial charge in [0, 0.05) is 18.6 Å². The molecule has 0 atom stereocenters. The Morgan fingerprint density at radius 1 is 1.04 bits per heavy atom. The van der Waals surface area contributed by atoms with Crippen molar-refractivity contribution in [1.82, 2.24) is 14.8 Å². The highest BCUT2D eigenvalue weighted by Gasteiger charge is 2.30. The van der Waals surface area contributed by atoms with Gasteiger partial charge in [0.05, 0.1) is 10.6 Å². The summed E-state index contributed by atoms with van der Waals surface area (Å²) in [5.41, 5.74) is 1.48. The van der Waals surface area contributed by atoms with E-state index in [2.05, 4.69) is 14.8 Å². The molecule has 0 fully saturated rings. The van der Waals surface area contributed by atoms with Crippen LogP contribution in [0.1, 0.15) is 11.4 Å². The van der Waals surface area contributed by atoms with Crippen molar-refractivity contribution in [2.24, 2.45) is 0 Å². The quantitative estimate of drug-likeness (QED) is 0.480. The second-order valence-electron chi connectivity index (χ2n) is 5.57. The monoisotopic (exact) mass is 378 g/mol. The fourth-order valence-corrected chi connectivity index (χ4v) is 2.38. The third kappa shape index (κ3) is 5.03. The Kier molecular flexibility index (Phi) is 5.06. The Bertz CT molecular complexity index is 922. The summed E-state index contributed by atoms with van der Waals surface area (Å²) in [6.45, 7) is 0. The molecule has 0 aliphatic carbocycles. The molecule has 10 heteroatoms. The smallest absolute Gasteiger partial charge is 0.406 e. The highest BCUT2D eigenvalue weighted by molar-refractivity contribution is 5.36. The third-order valence-corrected chi connectivity index (χ3v) is 3.66. The standard InChI is InChI=1S/C17H13F3N4O3/c18-17(19,20)27-15-8-6-13(7-9-15)23-11-21-16(22-23)10-3-12-1-4-14(5-2-12)24(25)26/h1-2,4-9,11H,3,10H2. The van der Waals surface area contributed by atoms with Crippen LogP contribution < -0.4 is 4.74 Å². The van der Waals surface area contributed by atoms with E-state index < -0.39 is 11.3 Å². The van der Waals surface area contributed by atoms with Crippen LogP contribution in [0.2, 0.25) is 0 Å². The summed E-state index contributed by atoms with van der Waals surface area (Å²) in [5.74, 6) is 0.230. The van der Waals surface area contributed by atoms with Gasteiger partial charge in [-0.1, -0.05) is 12.1 Å². The maximum absolute atomic E-state index is 12.2. The van der Waals surface area contributed by atoms with Crippen molar-refractivity contribution in [2.75, 3.05) is 0 Å². The lowest BCUT2D eigenvalue weighted by Crippen LogP contribution is -2.17.